The highest BCUT2D eigenvalue weighted by atomic mass is 14.3. The maximum atomic E-state index is 2.45. The Morgan fingerprint density at radius 2 is 1.38 bits per heavy atom. The van der Waals surface area contributed by atoms with Crippen LogP contribution in [0.2, 0.25) is 0 Å². The summed E-state index contributed by atoms with van der Waals surface area (Å²) < 4.78 is 0. The smallest absolute Gasteiger partial charge is 0.0118 e. The van der Waals surface area contributed by atoms with Crippen molar-refractivity contribution in [3.8, 4) is 0 Å². The normalized spacial score (nSPS) is 17.2. The third-order valence-electron chi connectivity index (χ3n) is 6.13. The van der Waals surface area contributed by atoms with Gasteiger partial charge in [-0.15, -0.1) is 0 Å². The lowest BCUT2D eigenvalue weighted by molar-refractivity contribution is 0.509. The van der Waals surface area contributed by atoms with Crippen molar-refractivity contribution in [1.82, 2.24) is 0 Å². The summed E-state index contributed by atoms with van der Waals surface area (Å²) in [5, 5.41) is 0. The molecule has 0 spiro atoms. The Balaban J connectivity index is 1.49. The van der Waals surface area contributed by atoms with E-state index in [0.29, 0.717) is 17.8 Å². The van der Waals surface area contributed by atoms with Crippen LogP contribution in [0.1, 0.15) is 53.9 Å². The van der Waals surface area contributed by atoms with Gasteiger partial charge in [0, 0.05) is 11.8 Å². The van der Waals surface area contributed by atoms with Crippen molar-refractivity contribution in [1.29, 1.82) is 0 Å². The molecule has 0 N–H and O–H groups in total. The molecule has 0 nitrogen and oxygen atoms in total. The Labute approximate surface area is 175 Å². The predicted octanol–water partition coefficient (Wildman–Crippen LogP) is 7.82. The molecule has 29 heavy (non-hydrogen) atoms. The van der Waals surface area contributed by atoms with Crippen LogP contribution in [0, 0.1) is 12.8 Å². The Bertz CT molecular complexity index is 922. The summed E-state index contributed by atoms with van der Waals surface area (Å²) in [4.78, 5) is 0. The van der Waals surface area contributed by atoms with Gasteiger partial charge < -0.3 is 0 Å². The fourth-order valence-corrected chi connectivity index (χ4v) is 4.54. The second-order valence-corrected chi connectivity index (χ2v) is 8.37. The van der Waals surface area contributed by atoms with Crippen LogP contribution >= 0.6 is 0 Å². The molecule has 146 valence electrons. The van der Waals surface area contributed by atoms with Gasteiger partial charge in [-0.25, -0.2) is 0 Å². The predicted molar refractivity (Wildman–Crippen MR) is 124 cm³/mol. The standard InChI is InChI=1S/C29H30/c1-22-13-17-25(18-14-22)26-19-15-24(16-20-26)21-23(2)29(27-9-5-3-6-10-27)28-11-7-4-8-12-28/h3-19,23,26,29H,20-21H2,1-2H3. The summed E-state index contributed by atoms with van der Waals surface area (Å²) in [5.74, 6) is 1.46. The third kappa shape index (κ3) is 4.77. The van der Waals surface area contributed by atoms with Gasteiger partial charge in [-0.05, 0) is 42.4 Å². The van der Waals surface area contributed by atoms with Gasteiger partial charge in [0.2, 0.25) is 0 Å². The molecule has 0 heterocycles. The molecule has 3 aromatic carbocycles. The van der Waals surface area contributed by atoms with Crippen LogP contribution < -0.4 is 0 Å². The molecular weight excluding hydrogens is 348 g/mol. The van der Waals surface area contributed by atoms with Crippen molar-refractivity contribution in [3.05, 3.63) is 131 Å². The number of hydrogen-bond donors (Lipinski definition) is 0. The average molecular weight is 379 g/mol. The number of hydrogen-bond acceptors (Lipinski definition) is 0. The minimum atomic E-state index is 0.418. The van der Waals surface area contributed by atoms with E-state index in [2.05, 4.69) is 117 Å². The average Bonchev–Trinajstić information content (AvgIpc) is 2.77. The number of rotatable bonds is 6. The fourth-order valence-electron chi connectivity index (χ4n) is 4.54. The fraction of sp³-hybridized carbons (Fsp3) is 0.241. The summed E-state index contributed by atoms with van der Waals surface area (Å²) in [7, 11) is 0. The van der Waals surface area contributed by atoms with Crippen LogP contribution in [-0.4, -0.2) is 0 Å². The van der Waals surface area contributed by atoms with Gasteiger partial charge in [0.05, 0.1) is 0 Å². The van der Waals surface area contributed by atoms with E-state index in [9.17, 15) is 0 Å². The van der Waals surface area contributed by atoms with E-state index in [1.54, 1.807) is 0 Å². The zero-order valence-electron chi connectivity index (χ0n) is 17.5. The van der Waals surface area contributed by atoms with Crippen molar-refractivity contribution in [2.24, 2.45) is 5.92 Å². The lowest BCUT2D eigenvalue weighted by Crippen LogP contribution is -2.13. The molecule has 0 heteroatoms. The van der Waals surface area contributed by atoms with Crippen LogP contribution in [0.3, 0.4) is 0 Å². The van der Waals surface area contributed by atoms with Gasteiger partial charge in [0.25, 0.3) is 0 Å². The second kappa shape index (κ2) is 9.09. The first-order valence-corrected chi connectivity index (χ1v) is 10.7. The zero-order chi connectivity index (χ0) is 20.1. The Morgan fingerprint density at radius 3 is 1.90 bits per heavy atom. The molecular formula is C29H30. The van der Waals surface area contributed by atoms with Crippen molar-refractivity contribution >= 4 is 0 Å². The summed E-state index contributed by atoms with van der Waals surface area (Å²) in [6, 6.07) is 30.9. The van der Waals surface area contributed by atoms with Crippen molar-refractivity contribution in [2.45, 2.75) is 38.5 Å². The van der Waals surface area contributed by atoms with E-state index in [-0.39, 0.29) is 0 Å². The number of benzene rings is 3. The molecule has 0 bridgehead atoms. The molecule has 0 aromatic heterocycles. The van der Waals surface area contributed by atoms with E-state index >= 15 is 0 Å². The molecule has 2 unspecified atom stereocenters. The van der Waals surface area contributed by atoms with Crippen LogP contribution in [0.15, 0.2) is 109 Å². The minimum Gasteiger partial charge on any atom is -0.0804 e. The zero-order valence-corrected chi connectivity index (χ0v) is 17.5. The lowest BCUT2D eigenvalue weighted by atomic mass is 9.77. The SMILES string of the molecule is Cc1ccc(C2C=CC(CC(C)C(c3ccccc3)c3ccccc3)=CC2)cc1. The van der Waals surface area contributed by atoms with Crippen LogP contribution in [0.4, 0.5) is 0 Å². The summed E-state index contributed by atoms with van der Waals surface area (Å²) in [6.07, 6.45) is 9.41. The van der Waals surface area contributed by atoms with Crippen molar-refractivity contribution in [2.75, 3.05) is 0 Å². The van der Waals surface area contributed by atoms with E-state index in [1.807, 2.05) is 0 Å². The highest BCUT2D eigenvalue weighted by molar-refractivity contribution is 5.37. The largest absolute Gasteiger partial charge is 0.0804 e. The first-order chi connectivity index (χ1) is 14.2. The maximum absolute atomic E-state index is 2.45. The molecule has 0 amide bonds. The van der Waals surface area contributed by atoms with E-state index in [0.717, 1.165) is 12.8 Å². The first kappa shape index (κ1) is 19.5. The highest BCUT2D eigenvalue weighted by Crippen LogP contribution is 2.37. The summed E-state index contributed by atoms with van der Waals surface area (Å²) in [5.41, 5.74) is 7.03. The molecule has 1 aliphatic rings. The van der Waals surface area contributed by atoms with Crippen molar-refractivity contribution < 1.29 is 0 Å². The van der Waals surface area contributed by atoms with Gasteiger partial charge in [-0.3, -0.25) is 0 Å². The monoisotopic (exact) mass is 378 g/mol. The van der Waals surface area contributed by atoms with Gasteiger partial charge in [-0.2, -0.15) is 0 Å². The van der Waals surface area contributed by atoms with Gasteiger partial charge in [0.1, 0.15) is 0 Å². The minimum absolute atomic E-state index is 0.418. The quantitative estimate of drug-likeness (QED) is 0.410. The summed E-state index contributed by atoms with van der Waals surface area (Å²) >= 11 is 0. The molecule has 2 atom stereocenters. The van der Waals surface area contributed by atoms with Crippen LogP contribution in [0.25, 0.3) is 0 Å². The van der Waals surface area contributed by atoms with E-state index < -0.39 is 0 Å². The second-order valence-electron chi connectivity index (χ2n) is 8.37. The van der Waals surface area contributed by atoms with E-state index in [1.165, 1.54) is 27.8 Å². The molecule has 0 saturated heterocycles. The third-order valence-corrected chi connectivity index (χ3v) is 6.13. The Hall–Kier alpha value is -2.86. The van der Waals surface area contributed by atoms with Crippen LogP contribution in [0.5, 0.6) is 0 Å². The Kier molecular flexibility index (Phi) is 6.10. The molecule has 0 radical (unpaired) electrons. The number of aryl methyl sites for hydroxylation is 1. The highest BCUT2D eigenvalue weighted by Gasteiger charge is 2.22. The number of allylic oxidation sites excluding steroid dienone is 4. The van der Waals surface area contributed by atoms with Gasteiger partial charge >= 0.3 is 0 Å². The molecule has 1 aliphatic carbocycles. The first-order valence-electron chi connectivity index (χ1n) is 10.7. The van der Waals surface area contributed by atoms with Gasteiger partial charge in [0.15, 0.2) is 0 Å². The topological polar surface area (TPSA) is 0 Å². The molecule has 0 aliphatic heterocycles. The lowest BCUT2D eigenvalue weighted by Gasteiger charge is -2.27. The maximum Gasteiger partial charge on any atom is 0.0118 e. The molecule has 3 aromatic rings. The summed E-state index contributed by atoms with van der Waals surface area (Å²) in [6.45, 7) is 4.54. The Morgan fingerprint density at radius 1 is 0.793 bits per heavy atom. The van der Waals surface area contributed by atoms with Crippen LogP contribution in [-0.2, 0) is 0 Å². The molecule has 0 fully saturated rings. The van der Waals surface area contributed by atoms with Gasteiger partial charge in [-0.1, -0.05) is 121 Å². The van der Waals surface area contributed by atoms with Crippen molar-refractivity contribution in [3.63, 3.8) is 0 Å². The molecule has 0 saturated carbocycles. The molecule has 4 rings (SSSR count). The van der Waals surface area contributed by atoms with E-state index in [4.69, 9.17) is 0 Å².